The van der Waals surface area contributed by atoms with Crippen LogP contribution in [0.5, 0.6) is 0 Å². The molecule has 1 amide bonds. The molecule has 0 saturated carbocycles. The summed E-state index contributed by atoms with van der Waals surface area (Å²) < 4.78 is 7.22. The molecule has 1 atom stereocenters. The SMILES string of the molecule is Cn1c(C(=O)NCCC2CCOC2)cc2ccc(Cl)cc21. The molecule has 1 N–H and O–H groups in total. The van der Waals surface area contributed by atoms with Crippen molar-refractivity contribution < 1.29 is 9.53 Å². The van der Waals surface area contributed by atoms with Crippen molar-refractivity contribution in [1.82, 2.24) is 9.88 Å². The first-order valence-corrected chi connectivity index (χ1v) is 7.64. The van der Waals surface area contributed by atoms with Gasteiger partial charge in [0.2, 0.25) is 0 Å². The number of aryl methyl sites for hydroxylation is 1. The van der Waals surface area contributed by atoms with E-state index in [1.165, 1.54) is 0 Å². The molecule has 1 aromatic carbocycles. The Hall–Kier alpha value is -1.52. The molecule has 5 heteroatoms. The summed E-state index contributed by atoms with van der Waals surface area (Å²) in [5, 5.41) is 4.70. The Morgan fingerprint density at radius 2 is 2.33 bits per heavy atom. The van der Waals surface area contributed by atoms with E-state index in [1.807, 2.05) is 35.9 Å². The number of nitrogens with one attached hydrogen (secondary N) is 1. The number of nitrogens with zero attached hydrogens (tertiary/aromatic N) is 1. The number of ether oxygens (including phenoxy) is 1. The van der Waals surface area contributed by atoms with Crippen molar-refractivity contribution >= 4 is 28.4 Å². The van der Waals surface area contributed by atoms with Crippen molar-refractivity contribution in [1.29, 1.82) is 0 Å². The molecule has 1 aliphatic rings. The molecule has 4 nitrogen and oxygen atoms in total. The van der Waals surface area contributed by atoms with Crippen LogP contribution in [0, 0.1) is 5.92 Å². The summed E-state index contributed by atoms with van der Waals surface area (Å²) >= 11 is 6.01. The standard InChI is InChI=1S/C16H19ClN2O2/c1-19-14-9-13(17)3-2-12(14)8-15(19)16(20)18-6-4-11-5-7-21-10-11/h2-3,8-9,11H,4-7,10H2,1H3,(H,18,20). The average molecular weight is 307 g/mol. The van der Waals surface area contributed by atoms with Gasteiger partial charge in [-0.3, -0.25) is 4.79 Å². The molecule has 112 valence electrons. The first-order chi connectivity index (χ1) is 10.1. The second-order valence-electron chi connectivity index (χ2n) is 5.57. The first-order valence-electron chi connectivity index (χ1n) is 7.26. The summed E-state index contributed by atoms with van der Waals surface area (Å²) in [5.41, 5.74) is 1.63. The van der Waals surface area contributed by atoms with Crippen LogP contribution in [0.25, 0.3) is 10.9 Å². The molecule has 2 heterocycles. The molecule has 21 heavy (non-hydrogen) atoms. The average Bonchev–Trinajstić information content (AvgIpc) is 3.08. The molecule has 1 aromatic heterocycles. The number of fused-ring (bicyclic) bond motifs is 1. The Kier molecular flexibility index (Phi) is 4.17. The topological polar surface area (TPSA) is 43.3 Å². The highest BCUT2D eigenvalue weighted by Crippen LogP contribution is 2.22. The first kappa shape index (κ1) is 14.4. The maximum atomic E-state index is 12.3. The minimum Gasteiger partial charge on any atom is -0.381 e. The van der Waals surface area contributed by atoms with E-state index in [4.69, 9.17) is 16.3 Å². The lowest BCUT2D eigenvalue weighted by Gasteiger charge is -2.09. The number of hydrogen-bond donors (Lipinski definition) is 1. The van der Waals surface area contributed by atoms with Gasteiger partial charge in [-0.25, -0.2) is 0 Å². The largest absolute Gasteiger partial charge is 0.381 e. The number of amides is 1. The highest BCUT2D eigenvalue weighted by atomic mass is 35.5. The smallest absolute Gasteiger partial charge is 0.267 e. The number of aromatic nitrogens is 1. The lowest BCUT2D eigenvalue weighted by atomic mass is 10.1. The normalized spacial score (nSPS) is 18.3. The molecular formula is C16H19ClN2O2. The van der Waals surface area contributed by atoms with Crippen LogP contribution in [0.3, 0.4) is 0 Å². The van der Waals surface area contributed by atoms with Gasteiger partial charge in [0.05, 0.1) is 0 Å². The maximum absolute atomic E-state index is 12.3. The van der Waals surface area contributed by atoms with E-state index in [0.717, 1.165) is 37.0 Å². The Morgan fingerprint density at radius 1 is 1.48 bits per heavy atom. The van der Waals surface area contributed by atoms with E-state index in [-0.39, 0.29) is 5.91 Å². The zero-order valence-electron chi connectivity index (χ0n) is 12.1. The van der Waals surface area contributed by atoms with Crippen molar-refractivity contribution in [3.05, 3.63) is 35.0 Å². The minimum absolute atomic E-state index is 0.0382. The van der Waals surface area contributed by atoms with Crippen LogP contribution in [-0.4, -0.2) is 30.2 Å². The van der Waals surface area contributed by atoms with Crippen LogP contribution >= 0.6 is 11.6 Å². The second-order valence-corrected chi connectivity index (χ2v) is 6.00. The minimum atomic E-state index is -0.0382. The van der Waals surface area contributed by atoms with Gasteiger partial charge in [0.1, 0.15) is 5.69 Å². The number of carbonyl (C=O) groups is 1. The van der Waals surface area contributed by atoms with Crippen molar-refractivity contribution in [2.45, 2.75) is 12.8 Å². The van der Waals surface area contributed by atoms with Crippen LogP contribution < -0.4 is 5.32 Å². The summed E-state index contributed by atoms with van der Waals surface area (Å²) in [4.78, 5) is 12.3. The quantitative estimate of drug-likeness (QED) is 0.943. The van der Waals surface area contributed by atoms with Gasteiger partial charge in [0.25, 0.3) is 5.91 Å². The van der Waals surface area contributed by atoms with Crippen molar-refractivity contribution in [3.8, 4) is 0 Å². The fourth-order valence-corrected chi connectivity index (χ4v) is 2.98. The van der Waals surface area contributed by atoms with Gasteiger partial charge in [0, 0.05) is 42.7 Å². The second kappa shape index (κ2) is 6.08. The lowest BCUT2D eigenvalue weighted by Crippen LogP contribution is -2.27. The molecule has 2 aromatic rings. The van der Waals surface area contributed by atoms with Crippen LogP contribution in [0.15, 0.2) is 24.3 Å². The summed E-state index contributed by atoms with van der Waals surface area (Å²) in [6.45, 7) is 2.36. The van der Waals surface area contributed by atoms with Crippen LogP contribution in [-0.2, 0) is 11.8 Å². The predicted octanol–water partition coefficient (Wildman–Crippen LogP) is 2.99. The number of rotatable bonds is 4. The maximum Gasteiger partial charge on any atom is 0.267 e. The van der Waals surface area contributed by atoms with Gasteiger partial charge in [-0.2, -0.15) is 0 Å². The molecule has 1 aliphatic heterocycles. The molecule has 1 unspecified atom stereocenters. The van der Waals surface area contributed by atoms with Gasteiger partial charge in [-0.15, -0.1) is 0 Å². The monoisotopic (exact) mass is 306 g/mol. The van der Waals surface area contributed by atoms with Crippen LogP contribution in [0.1, 0.15) is 23.3 Å². The van der Waals surface area contributed by atoms with Gasteiger partial charge in [-0.05, 0) is 37.0 Å². The van der Waals surface area contributed by atoms with E-state index >= 15 is 0 Å². The molecule has 0 aliphatic carbocycles. The zero-order chi connectivity index (χ0) is 14.8. The third-order valence-corrected chi connectivity index (χ3v) is 4.34. The van der Waals surface area contributed by atoms with E-state index in [1.54, 1.807) is 0 Å². The van der Waals surface area contributed by atoms with Gasteiger partial charge in [0.15, 0.2) is 0 Å². The highest BCUT2D eigenvalue weighted by Gasteiger charge is 2.17. The Morgan fingerprint density at radius 3 is 3.10 bits per heavy atom. The summed E-state index contributed by atoms with van der Waals surface area (Å²) in [5.74, 6) is 0.542. The molecule has 1 fully saturated rings. The fraction of sp³-hybridized carbons (Fsp3) is 0.438. The van der Waals surface area contributed by atoms with Crippen molar-refractivity contribution in [2.75, 3.05) is 19.8 Å². The predicted molar refractivity (Wildman–Crippen MR) is 83.8 cm³/mol. The molecule has 3 rings (SSSR count). The number of carbonyl (C=O) groups excluding carboxylic acids is 1. The van der Waals surface area contributed by atoms with Crippen molar-refractivity contribution in [2.24, 2.45) is 13.0 Å². The van der Waals surface area contributed by atoms with E-state index < -0.39 is 0 Å². The zero-order valence-corrected chi connectivity index (χ0v) is 12.8. The number of benzene rings is 1. The van der Waals surface area contributed by atoms with E-state index in [2.05, 4.69) is 5.32 Å². The Labute approximate surface area is 129 Å². The Balaban J connectivity index is 1.67. The van der Waals surface area contributed by atoms with E-state index in [0.29, 0.717) is 23.2 Å². The summed E-state index contributed by atoms with van der Waals surface area (Å²) in [7, 11) is 1.89. The molecular weight excluding hydrogens is 288 g/mol. The van der Waals surface area contributed by atoms with Gasteiger partial charge in [-0.1, -0.05) is 17.7 Å². The summed E-state index contributed by atoms with van der Waals surface area (Å²) in [6, 6.07) is 7.55. The molecule has 0 bridgehead atoms. The van der Waals surface area contributed by atoms with Crippen LogP contribution in [0.4, 0.5) is 0 Å². The third-order valence-electron chi connectivity index (χ3n) is 4.10. The summed E-state index contributed by atoms with van der Waals surface area (Å²) in [6.07, 6.45) is 2.07. The lowest BCUT2D eigenvalue weighted by molar-refractivity contribution is 0.0942. The highest BCUT2D eigenvalue weighted by molar-refractivity contribution is 6.31. The third kappa shape index (κ3) is 3.06. The van der Waals surface area contributed by atoms with Crippen molar-refractivity contribution in [3.63, 3.8) is 0 Å². The number of halogens is 1. The van der Waals surface area contributed by atoms with Gasteiger partial charge < -0.3 is 14.6 Å². The molecule has 0 radical (unpaired) electrons. The Bertz CT molecular complexity index is 660. The fourth-order valence-electron chi connectivity index (χ4n) is 2.81. The number of hydrogen-bond acceptors (Lipinski definition) is 2. The van der Waals surface area contributed by atoms with Crippen LogP contribution in [0.2, 0.25) is 5.02 Å². The molecule has 0 spiro atoms. The van der Waals surface area contributed by atoms with E-state index in [9.17, 15) is 4.79 Å². The van der Waals surface area contributed by atoms with Gasteiger partial charge >= 0.3 is 0 Å². The molecule has 1 saturated heterocycles.